The molecule has 16 heavy (non-hydrogen) atoms. The van der Waals surface area contributed by atoms with Crippen molar-refractivity contribution in [2.24, 2.45) is 11.1 Å². The Labute approximate surface area is 95.1 Å². The predicted molar refractivity (Wildman–Crippen MR) is 59.6 cm³/mol. The molecule has 0 radical (unpaired) electrons. The third kappa shape index (κ3) is 5.19. The van der Waals surface area contributed by atoms with E-state index >= 15 is 0 Å². The average molecular weight is 250 g/mol. The first-order chi connectivity index (χ1) is 7.56. The molecule has 0 aliphatic carbocycles. The first-order valence-electron chi connectivity index (χ1n) is 5.01. The van der Waals surface area contributed by atoms with E-state index in [4.69, 9.17) is 15.1 Å². The number of hydrogen-bond acceptors (Lipinski definition) is 5. The summed E-state index contributed by atoms with van der Waals surface area (Å²) in [5.74, 6) is -1.79. The second-order valence-electron chi connectivity index (χ2n) is 3.18. The molecule has 0 saturated heterocycles. The van der Waals surface area contributed by atoms with Crippen LogP contribution in [0.4, 0.5) is 0 Å². The lowest BCUT2D eigenvalue weighted by Crippen LogP contribution is -2.25. The molecule has 2 unspecified atom stereocenters. The lowest BCUT2D eigenvalue weighted by Gasteiger charge is -2.07. The fraction of sp³-hybridized carbons (Fsp3) is 0.778. The summed E-state index contributed by atoms with van der Waals surface area (Å²) in [6, 6.07) is 0. The Morgan fingerprint density at radius 2 is 2.12 bits per heavy atom. The Hall–Kier alpha value is -1.00. The highest BCUT2D eigenvalue weighted by Gasteiger charge is 2.30. The minimum atomic E-state index is -1.62. The predicted octanol–water partition coefficient (Wildman–Crippen LogP) is 1.75. The highest BCUT2D eigenvalue weighted by atomic mass is 31.1. The van der Waals surface area contributed by atoms with Gasteiger partial charge in [-0.3, -0.25) is 0 Å². The maximum atomic E-state index is 11.5. The van der Waals surface area contributed by atoms with Crippen LogP contribution in [0.5, 0.6) is 0 Å². The van der Waals surface area contributed by atoms with Gasteiger partial charge in [0.2, 0.25) is 6.35 Å². The average Bonchev–Trinajstić information content (AvgIpc) is 2.25. The van der Waals surface area contributed by atoms with Crippen LogP contribution in [0.25, 0.3) is 0 Å². The summed E-state index contributed by atoms with van der Waals surface area (Å²) in [4.78, 5) is 10.7. The molecule has 0 amide bonds. The molecule has 92 valence electrons. The smallest absolute Gasteiger partial charge is 0.367 e. The van der Waals surface area contributed by atoms with Gasteiger partial charge in [0.25, 0.3) is 0 Å². The van der Waals surface area contributed by atoms with Crippen molar-refractivity contribution in [2.45, 2.75) is 20.3 Å². The zero-order valence-corrected chi connectivity index (χ0v) is 10.3. The van der Waals surface area contributed by atoms with Crippen LogP contribution in [0.3, 0.4) is 0 Å². The highest BCUT2D eigenvalue weighted by Crippen LogP contribution is 2.26. The van der Waals surface area contributed by atoms with Gasteiger partial charge in [0.1, 0.15) is 0 Å². The van der Waals surface area contributed by atoms with Gasteiger partial charge < -0.3 is 15.1 Å². The van der Waals surface area contributed by atoms with Crippen LogP contribution in [0.1, 0.15) is 20.3 Å². The van der Waals surface area contributed by atoms with Crippen molar-refractivity contribution in [1.29, 1.82) is 0 Å². The molecule has 0 spiro atoms. The van der Waals surface area contributed by atoms with Gasteiger partial charge in [0.05, 0.1) is 5.92 Å². The molecule has 0 aromatic carbocycles. The van der Waals surface area contributed by atoms with Crippen molar-refractivity contribution in [3.8, 4) is 0 Å². The van der Waals surface area contributed by atoms with Gasteiger partial charge in [0, 0.05) is 6.61 Å². The molecule has 2 atom stereocenters. The van der Waals surface area contributed by atoms with Crippen molar-refractivity contribution < 1.29 is 24.4 Å². The van der Waals surface area contributed by atoms with Gasteiger partial charge in [0.15, 0.2) is 11.9 Å². The molecule has 0 bridgehead atoms. The highest BCUT2D eigenvalue weighted by molar-refractivity contribution is 7.44. The maximum absolute atomic E-state index is 11.5. The van der Waals surface area contributed by atoms with E-state index in [9.17, 15) is 9.36 Å². The number of ether oxygens (including phenoxy) is 1. The third-order valence-electron chi connectivity index (χ3n) is 2.07. The number of carboxylic acids is 1. The Kier molecular flexibility index (Phi) is 7.68. The number of carbonyl (C=O) groups is 1. The number of rotatable bonds is 8. The number of carboxylic acid groups (broad SMARTS) is 1. The summed E-state index contributed by atoms with van der Waals surface area (Å²) in [6.45, 7) is 4.01. The summed E-state index contributed by atoms with van der Waals surface area (Å²) in [5, 5.41) is 20.1. The summed E-state index contributed by atoms with van der Waals surface area (Å²) in [6.07, 6.45) is 0.733. The second-order valence-corrected chi connectivity index (χ2v) is 4.77. The van der Waals surface area contributed by atoms with Gasteiger partial charge in [-0.05, 0) is 13.3 Å². The van der Waals surface area contributed by atoms with Gasteiger partial charge in [-0.25, -0.2) is 4.79 Å². The monoisotopic (exact) mass is 250 g/mol. The van der Waals surface area contributed by atoms with Crippen LogP contribution in [0, 0.1) is 5.92 Å². The number of nitrogens with zero attached hydrogens (tertiary/aromatic N) is 1. The van der Waals surface area contributed by atoms with E-state index in [1.54, 1.807) is 13.8 Å². The maximum Gasteiger partial charge on any atom is 0.367 e. The molecule has 2 N–H and O–H groups in total. The lowest BCUT2D eigenvalue weighted by molar-refractivity contribution is -0.129. The molecule has 0 aliphatic rings. The van der Waals surface area contributed by atoms with E-state index in [1.807, 2.05) is 0 Å². The third-order valence-corrected chi connectivity index (χ3v) is 3.39. The van der Waals surface area contributed by atoms with E-state index in [0.29, 0.717) is 13.0 Å². The molecule has 0 aromatic rings. The molecule has 0 rings (SSSR count). The number of aliphatic carboxylic acids is 1. The van der Waals surface area contributed by atoms with Crippen LogP contribution in [0.2, 0.25) is 0 Å². The fourth-order valence-electron chi connectivity index (χ4n) is 1.20. The van der Waals surface area contributed by atoms with Crippen LogP contribution < -0.4 is 0 Å². The minimum absolute atomic E-state index is 0.112. The molecular weight excluding hydrogens is 233 g/mol. The molecule has 0 aromatic heterocycles. The van der Waals surface area contributed by atoms with Crippen molar-refractivity contribution in [3.05, 3.63) is 0 Å². The fourth-order valence-corrected chi connectivity index (χ4v) is 2.61. The summed E-state index contributed by atoms with van der Waals surface area (Å²) in [5.41, 5.74) is -0.345. The van der Waals surface area contributed by atoms with Crippen LogP contribution in [0.15, 0.2) is 5.16 Å². The zero-order valence-electron chi connectivity index (χ0n) is 9.42. The topological polar surface area (TPSA) is 96.2 Å². The Morgan fingerprint density at radius 1 is 1.50 bits per heavy atom. The van der Waals surface area contributed by atoms with E-state index in [2.05, 4.69) is 5.16 Å². The summed E-state index contributed by atoms with van der Waals surface area (Å²) < 4.78 is 16.5. The first-order valence-corrected chi connectivity index (χ1v) is 6.64. The summed E-state index contributed by atoms with van der Waals surface area (Å²) >= 11 is 0. The normalized spacial score (nSPS) is 14.6. The van der Waals surface area contributed by atoms with Crippen molar-refractivity contribution in [1.82, 2.24) is 0 Å². The Bertz CT molecular complexity index is 279. The van der Waals surface area contributed by atoms with Gasteiger partial charge in [-0.1, -0.05) is 16.6 Å². The molecule has 0 aliphatic heterocycles. The van der Waals surface area contributed by atoms with E-state index < -0.39 is 19.7 Å². The Balaban J connectivity index is 4.39. The minimum Gasteiger partial charge on any atom is -0.477 e. The van der Waals surface area contributed by atoms with Gasteiger partial charge in [-0.15, -0.1) is 0 Å². The van der Waals surface area contributed by atoms with Crippen LogP contribution in [-0.2, 0) is 14.1 Å². The largest absolute Gasteiger partial charge is 0.477 e. The van der Waals surface area contributed by atoms with Crippen molar-refractivity contribution in [3.63, 3.8) is 0 Å². The second kappa shape index (κ2) is 8.19. The quantitative estimate of drug-likeness (QED) is 0.296. The lowest BCUT2D eigenvalue weighted by atomic mass is 10.0. The SMILES string of the molecule is CCOC[P+](=O)CC(CC)C(=NO)C(=O)O. The van der Waals surface area contributed by atoms with Gasteiger partial charge in [-0.2, -0.15) is 0 Å². The van der Waals surface area contributed by atoms with Crippen molar-refractivity contribution >= 4 is 19.5 Å². The van der Waals surface area contributed by atoms with Crippen LogP contribution in [-0.4, -0.2) is 41.1 Å². The first kappa shape index (κ1) is 15.0. The molecular formula is C9H17NO5P+. The summed E-state index contributed by atoms with van der Waals surface area (Å²) in [7, 11) is -1.62. The standard InChI is InChI=1S/C9H16NO5P/c1-3-7(8(10-13)9(11)12)5-16(14)6-15-4-2/h7H,3-6H2,1-2H3,(H-,11,12,13)/p+1. The molecule has 7 heteroatoms. The molecule has 0 heterocycles. The van der Waals surface area contributed by atoms with Crippen LogP contribution >= 0.6 is 7.80 Å². The number of oxime groups is 1. The zero-order chi connectivity index (χ0) is 12.6. The number of hydrogen-bond donors (Lipinski definition) is 2. The van der Waals surface area contributed by atoms with E-state index in [0.717, 1.165) is 0 Å². The molecule has 0 fully saturated rings. The Morgan fingerprint density at radius 3 is 2.50 bits per heavy atom. The molecule has 0 saturated carbocycles. The van der Waals surface area contributed by atoms with E-state index in [-0.39, 0.29) is 18.2 Å². The van der Waals surface area contributed by atoms with Gasteiger partial charge >= 0.3 is 13.8 Å². The van der Waals surface area contributed by atoms with E-state index in [1.165, 1.54) is 0 Å². The molecule has 6 nitrogen and oxygen atoms in total. The van der Waals surface area contributed by atoms with Crippen molar-refractivity contribution in [2.75, 3.05) is 19.1 Å².